The Balaban J connectivity index is 2.02. The van der Waals surface area contributed by atoms with Crippen LogP contribution in [-0.2, 0) is 14.8 Å². The fourth-order valence-electron chi connectivity index (χ4n) is 2.99. The van der Waals surface area contributed by atoms with Crippen LogP contribution in [0, 0.1) is 5.92 Å². The van der Waals surface area contributed by atoms with E-state index in [1.807, 2.05) is 13.8 Å². The first-order chi connectivity index (χ1) is 11.8. The van der Waals surface area contributed by atoms with Crippen LogP contribution in [0.2, 0.25) is 0 Å². The maximum absolute atomic E-state index is 12.6. The molecular weight excluding hydrogens is 340 g/mol. The molecule has 1 aliphatic carbocycles. The van der Waals surface area contributed by atoms with E-state index in [1.165, 1.54) is 19.2 Å². The maximum atomic E-state index is 12.6. The molecule has 2 rings (SSSR count). The number of nitrogens with one attached hydrogen (secondary N) is 2. The summed E-state index contributed by atoms with van der Waals surface area (Å²) in [5.41, 5.74) is 0. The van der Waals surface area contributed by atoms with E-state index in [4.69, 9.17) is 4.74 Å². The second kappa shape index (κ2) is 8.67. The summed E-state index contributed by atoms with van der Waals surface area (Å²) in [5, 5.41) is 3.01. The first kappa shape index (κ1) is 19.7. The van der Waals surface area contributed by atoms with Crippen molar-refractivity contribution in [2.24, 2.45) is 5.92 Å². The van der Waals surface area contributed by atoms with E-state index in [9.17, 15) is 13.2 Å². The van der Waals surface area contributed by atoms with Crippen LogP contribution in [0.5, 0.6) is 5.75 Å². The van der Waals surface area contributed by atoms with Gasteiger partial charge in [0.25, 0.3) is 0 Å². The summed E-state index contributed by atoms with van der Waals surface area (Å²) in [5.74, 6) is 0.501. The van der Waals surface area contributed by atoms with Crippen molar-refractivity contribution in [3.63, 3.8) is 0 Å². The highest BCUT2D eigenvalue weighted by Crippen LogP contribution is 2.19. The van der Waals surface area contributed by atoms with Crippen LogP contribution < -0.4 is 14.8 Å². The Morgan fingerprint density at radius 1 is 1.20 bits per heavy atom. The van der Waals surface area contributed by atoms with Gasteiger partial charge in [0.1, 0.15) is 5.75 Å². The third kappa shape index (κ3) is 5.71. The van der Waals surface area contributed by atoms with Crippen molar-refractivity contribution in [3.05, 3.63) is 24.3 Å². The van der Waals surface area contributed by atoms with Crippen LogP contribution in [0.25, 0.3) is 0 Å². The molecule has 2 N–H and O–H groups in total. The zero-order valence-corrected chi connectivity index (χ0v) is 15.9. The van der Waals surface area contributed by atoms with E-state index in [0.29, 0.717) is 5.75 Å². The fourth-order valence-corrected chi connectivity index (χ4v) is 4.38. The first-order valence-electron chi connectivity index (χ1n) is 8.77. The van der Waals surface area contributed by atoms with Gasteiger partial charge in [-0.15, -0.1) is 0 Å². The lowest BCUT2D eigenvalue weighted by atomic mass is 10.0. The highest BCUT2D eigenvalue weighted by molar-refractivity contribution is 7.89. The molecule has 0 aromatic heterocycles. The van der Waals surface area contributed by atoms with Crippen LogP contribution in [-0.4, -0.2) is 33.5 Å². The molecule has 7 heteroatoms. The molecule has 1 aromatic rings. The topological polar surface area (TPSA) is 84.5 Å². The van der Waals surface area contributed by atoms with Gasteiger partial charge in [-0.2, -0.15) is 0 Å². The number of sulfonamides is 1. The van der Waals surface area contributed by atoms with Crippen molar-refractivity contribution in [1.82, 2.24) is 10.0 Å². The molecule has 1 atom stereocenters. The molecule has 1 aliphatic rings. The third-order valence-electron chi connectivity index (χ3n) is 4.61. The average Bonchev–Trinajstić information content (AvgIpc) is 3.06. The van der Waals surface area contributed by atoms with Crippen molar-refractivity contribution < 1.29 is 17.9 Å². The Morgan fingerprint density at radius 3 is 2.32 bits per heavy atom. The number of benzene rings is 1. The summed E-state index contributed by atoms with van der Waals surface area (Å²) >= 11 is 0. The van der Waals surface area contributed by atoms with Crippen LogP contribution in [0.4, 0.5) is 0 Å². The molecule has 25 heavy (non-hydrogen) atoms. The molecule has 0 spiro atoms. The molecule has 1 aromatic carbocycles. The van der Waals surface area contributed by atoms with Gasteiger partial charge >= 0.3 is 0 Å². The summed E-state index contributed by atoms with van der Waals surface area (Å²) in [7, 11) is -2.16. The van der Waals surface area contributed by atoms with Crippen molar-refractivity contribution in [1.29, 1.82) is 0 Å². The van der Waals surface area contributed by atoms with Crippen molar-refractivity contribution in [2.45, 2.75) is 62.9 Å². The lowest BCUT2D eigenvalue weighted by Crippen LogP contribution is -2.43. The predicted octanol–water partition coefficient (Wildman–Crippen LogP) is 2.45. The normalized spacial score (nSPS) is 16.8. The summed E-state index contributed by atoms with van der Waals surface area (Å²) in [6.07, 6.45) is 4.44. The number of methoxy groups -OCH3 is 1. The molecule has 0 bridgehead atoms. The second-order valence-electron chi connectivity index (χ2n) is 6.90. The van der Waals surface area contributed by atoms with Gasteiger partial charge in [-0.3, -0.25) is 4.79 Å². The van der Waals surface area contributed by atoms with E-state index in [-0.39, 0.29) is 29.2 Å². The molecule has 1 saturated carbocycles. The van der Waals surface area contributed by atoms with E-state index in [0.717, 1.165) is 25.7 Å². The molecule has 1 fully saturated rings. The minimum absolute atomic E-state index is 0.00218. The Kier molecular flexibility index (Phi) is 6.84. The minimum atomic E-state index is -3.69. The van der Waals surface area contributed by atoms with Crippen LogP contribution >= 0.6 is 0 Å². The summed E-state index contributed by atoms with van der Waals surface area (Å²) in [4.78, 5) is 12.4. The quantitative estimate of drug-likeness (QED) is 0.738. The van der Waals surface area contributed by atoms with Gasteiger partial charge in [0.05, 0.1) is 12.0 Å². The number of rotatable bonds is 8. The van der Waals surface area contributed by atoms with E-state index < -0.39 is 16.1 Å². The van der Waals surface area contributed by atoms with Gasteiger partial charge in [0.2, 0.25) is 15.9 Å². The predicted molar refractivity (Wildman–Crippen MR) is 97.0 cm³/mol. The Hall–Kier alpha value is -1.60. The lowest BCUT2D eigenvalue weighted by molar-refractivity contribution is -0.122. The molecular formula is C18H28N2O4S. The zero-order valence-electron chi connectivity index (χ0n) is 15.1. The highest BCUT2D eigenvalue weighted by Gasteiger charge is 2.26. The molecule has 1 unspecified atom stereocenters. The van der Waals surface area contributed by atoms with Gasteiger partial charge in [-0.25, -0.2) is 13.1 Å². The zero-order chi connectivity index (χ0) is 18.4. The fraction of sp³-hybridized carbons (Fsp3) is 0.611. The van der Waals surface area contributed by atoms with Gasteiger partial charge in [-0.1, -0.05) is 26.7 Å². The van der Waals surface area contributed by atoms with Gasteiger partial charge < -0.3 is 10.1 Å². The molecule has 0 radical (unpaired) electrons. The van der Waals surface area contributed by atoms with Gasteiger partial charge in [0, 0.05) is 18.5 Å². The summed E-state index contributed by atoms with van der Waals surface area (Å²) in [6, 6.07) is 5.98. The second-order valence-corrected chi connectivity index (χ2v) is 8.61. The van der Waals surface area contributed by atoms with Gasteiger partial charge in [0.15, 0.2) is 0 Å². The van der Waals surface area contributed by atoms with Crippen LogP contribution in [0.3, 0.4) is 0 Å². The molecule has 1 amide bonds. The number of carbonyl (C=O) groups is 1. The highest BCUT2D eigenvalue weighted by atomic mass is 32.2. The maximum Gasteiger partial charge on any atom is 0.240 e. The Labute approximate surface area is 150 Å². The van der Waals surface area contributed by atoms with Gasteiger partial charge in [-0.05, 0) is 43.0 Å². The third-order valence-corrected chi connectivity index (χ3v) is 6.11. The van der Waals surface area contributed by atoms with E-state index in [2.05, 4.69) is 10.0 Å². The summed E-state index contributed by atoms with van der Waals surface area (Å²) in [6.45, 7) is 3.81. The first-order valence-corrected chi connectivity index (χ1v) is 10.3. The van der Waals surface area contributed by atoms with Crippen molar-refractivity contribution in [3.8, 4) is 5.75 Å². The van der Waals surface area contributed by atoms with Crippen LogP contribution in [0.15, 0.2) is 29.2 Å². The SMILES string of the molecule is COc1ccc(S(=O)(=O)NC(CC(=O)NC2CCCC2)C(C)C)cc1. The number of amides is 1. The number of carbonyl (C=O) groups excluding carboxylic acids is 1. The van der Waals surface area contributed by atoms with E-state index in [1.54, 1.807) is 12.1 Å². The molecule has 140 valence electrons. The monoisotopic (exact) mass is 368 g/mol. The van der Waals surface area contributed by atoms with Crippen molar-refractivity contribution in [2.75, 3.05) is 7.11 Å². The smallest absolute Gasteiger partial charge is 0.240 e. The van der Waals surface area contributed by atoms with Crippen LogP contribution in [0.1, 0.15) is 46.0 Å². The molecule has 0 saturated heterocycles. The minimum Gasteiger partial charge on any atom is -0.497 e. The lowest BCUT2D eigenvalue weighted by Gasteiger charge is -2.23. The number of hydrogen-bond donors (Lipinski definition) is 2. The largest absolute Gasteiger partial charge is 0.497 e. The molecule has 0 heterocycles. The van der Waals surface area contributed by atoms with Crippen molar-refractivity contribution >= 4 is 15.9 Å². The summed E-state index contributed by atoms with van der Waals surface area (Å²) < 4.78 is 32.9. The molecule has 0 aliphatic heterocycles. The average molecular weight is 368 g/mol. The number of hydrogen-bond acceptors (Lipinski definition) is 4. The Morgan fingerprint density at radius 2 is 1.80 bits per heavy atom. The van der Waals surface area contributed by atoms with E-state index >= 15 is 0 Å². The standard InChI is InChI=1S/C18H28N2O4S/c1-13(2)17(12-18(21)19-14-6-4-5-7-14)20-25(22,23)16-10-8-15(24-3)9-11-16/h8-11,13-14,17,20H,4-7,12H2,1-3H3,(H,19,21). The number of ether oxygens (including phenoxy) is 1. The Bertz CT molecular complexity index is 665. The molecule has 6 nitrogen and oxygen atoms in total.